The van der Waals surface area contributed by atoms with Crippen LogP contribution in [0.4, 0.5) is 0 Å². The highest BCUT2D eigenvalue weighted by Gasteiger charge is 2.26. The molecule has 0 atom stereocenters. The predicted octanol–water partition coefficient (Wildman–Crippen LogP) is 2.78. The van der Waals surface area contributed by atoms with Crippen molar-refractivity contribution in [2.75, 3.05) is 0 Å². The highest BCUT2D eigenvalue weighted by Crippen LogP contribution is 2.36. The van der Waals surface area contributed by atoms with Gasteiger partial charge in [-0.25, -0.2) is 4.98 Å². The van der Waals surface area contributed by atoms with Gasteiger partial charge in [-0.15, -0.1) is 0 Å². The van der Waals surface area contributed by atoms with E-state index >= 15 is 0 Å². The zero-order chi connectivity index (χ0) is 9.47. The molecule has 68 valence electrons. The van der Waals surface area contributed by atoms with Crippen molar-refractivity contribution in [1.29, 1.82) is 0 Å². The molecule has 0 aliphatic heterocycles. The Hall–Kier alpha value is -0.510. The molecule has 0 bridgehead atoms. The number of aromatic amines is 1. The third-order valence-corrected chi connectivity index (χ3v) is 2.09. The number of imidazole rings is 1. The van der Waals surface area contributed by atoms with E-state index in [9.17, 15) is 0 Å². The summed E-state index contributed by atoms with van der Waals surface area (Å²) in [5.41, 5.74) is 1.49. The lowest BCUT2D eigenvalue weighted by Crippen LogP contribution is -2.01. The highest BCUT2D eigenvalue weighted by atomic mass is 35.6. The molecule has 0 radical (unpaired) electrons. The Balaban J connectivity index is 2.63. The summed E-state index contributed by atoms with van der Waals surface area (Å²) >= 11 is 16.9. The maximum absolute atomic E-state index is 5.65. The van der Waals surface area contributed by atoms with Crippen molar-refractivity contribution in [2.24, 2.45) is 0 Å². The fourth-order valence-corrected chi connectivity index (χ4v) is 1.26. The van der Waals surface area contributed by atoms with E-state index in [2.05, 4.69) is 15.0 Å². The predicted molar refractivity (Wildman–Crippen MR) is 53.1 cm³/mol. The van der Waals surface area contributed by atoms with Crippen LogP contribution in [0.25, 0.3) is 11.0 Å². The van der Waals surface area contributed by atoms with Crippen LogP contribution in [0.5, 0.6) is 0 Å². The summed E-state index contributed by atoms with van der Waals surface area (Å²) in [7, 11) is 0. The van der Waals surface area contributed by atoms with Crippen LogP contribution in [-0.4, -0.2) is 15.0 Å². The van der Waals surface area contributed by atoms with Crippen LogP contribution < -0.4 is 0 Å². The van der Waals surface area contributed by atoms with Crippen LogP contribution in [0, 0.1) is 0 Å². The van der Waals surface area contributed by atoms with Gasteiger partial charge in [-0.2, -0.15) is 0 Å². The smallest absolute Gasteiger partial charge is 0.248 e. The molecule has 0 aromatic carbocycles. The van der Waals surface area contributed by atoms with Crippen LogP contribution in [-0.2, 0) is 3.79 Å². The average molecular weight is 236 g/mol. The van der Waals surface area contributed by atoms with E-state index in [1.807, 2.05) is 0 Å². The summed E-state index contributed by atoms with van der Waals surface area (Å²) < 4.78 is -1.51. The molecule has 0 aliphatic carbocycles. The molecule has 2 rings (SSSR count). The SMILES string of the molecule is ClC(Cl)(Cl)c1nc2ccncc2[nH]1. The summed E-state index contributed by atoms with van der Waals surface area (Å²) in [5.74, 6) is 0.306. The molecule has 2 heterocycles. The Labute approximate surface area is 89.0 Å². The zero-order valence-corrected chi connectivity index (χ0v) is 8.53. The van der Waals surface area contributed by atoms with Crippen molar-refractivity contribution in [3.05, 3.63) is 24.3 Å². The first-order valence-electron chi connectivity index (χ1n) is 3.44. The van der Waals surface area contributed by atoms with Gasteiger partial charge in [0.2, 0.25) is 3.79 Å². The first kappa shape index (κ1) is 9.06. The Morgan fingerprint density at radius 2 is 2.08 bits per heavy atom. The summed E-state index contributed by atoms with van der Waals surface area (Å²) in [6.45, 7) is 0. The summed E-state index contributed by atoms with van der Waals surface area (Å²) in [6.07, 6.45) is 3.26. The van der Waals surface area contributed by atoms with E-state index in [1.165, 1.54) is 0 Å². The lowest BCUT2D eigenvalue weighted by atomic mass is 10.4. The molecule has 2 aromatic heterocycles. The van der Waals surface area contributed by atoms with Crippen molar-refractivity contribution in [3.8, 4) is 0 Å². The number of H-pyrrole nitrogens is 1. The largest absolute Gasteiger partial charge is 0.337 e. The van der Waals surface area contributed by atoms with Gasteiger partial charge in [0.05, 0.1) is 17.2 Å². The normalized spacial score (nSPS) is 12.2. The quantitative estimate of drug-likeness (QED) is 0.715. The van der Waals surface area contributed by atoms with Gasteiger partial charge in [0.1, 0.15) is 0 Å². The zero-order valence-electron chi connectivity index (χ0n) is 6.26. The minimum atomic E-state index is -1.51. The van der Waals surface area contributed by atoms with E-state index in [-0.39, 0.29) is 0 Å². The van der Waals surface area contributed by atoms with E-state index in [1.54, 1.807) is 18.5 Å². The van der Waals surface area contributed by atoms with Gasteiger partial charge >= 0.3 is 0 Å². The number of hydrogen-bond acceptors (Lipinski definition) is 2. The molecule has 0 aliphatic rings. The van der Waals surface area contributed by atoms with Crippen LogP contribution in [0.1, 0.15) is 5.82 Å². The van der Waals surface area contributed by atoms with Crippen molar-refractivity contribution in [3.63, 3.8) is 0 Å². The highest BCUT2D eigenvalue weighted by molar-refractivity contribution is 6.66. The van der Waals surface area contributed by atoms with Gasteiger partial charge in [0.25, 0.3) is 0 Å². The fraction of sp³-hybridized carbons (Fsp3) is 0.143. The van der Waals surface area contributed by atoms with Gasteiger partial charge in [-0.1, -0.05) is 34.8 Å². The lowest BCUT2D eigenvalue weighted by Gasteiger charge is -2.04. The Kier molecular flexibility index (Phi) is 2.10. The van der Waals surface area contributed by atoms with Crippen molar-refractivity contribution in [1.82, 2.24) is 15.0 Å². The summed E-state index contributed by atoms with van der Waals surface area (Å²) in [6, 6.07) is 1.74. The second-order valence-corrected chi connectivity index (χ2v) is 4.76. The molecule has 0 fully saturated rings. The molecule has 0 spiro atoms. The van der Waals surface area contributed by atoms with Gasteiger partial charge in [0.15, 0.2) is 5.82 Å². The maximum Gasteiger partial charge on any atom is 0.248 e. The number of fused-ring (bicyclic) bond motifs is 1. The number of halogens is 3. The summed E-state index contributed by atoms with van der Waals surface area (Å²) in [4.78, 5) is 10.9. The third kappa shape index (κ3) is 1.73. The number of pyridine rings is 1. The van der Waals surface area contributed by atoms with E-state index in [0.717, 1.165) is 11.0 Å². The topological polar surface area (TPSA) is 41.6 Å². The minimum absolute atomic E-state index is 0.306. The molecular formula is C7H4Cl3N3. The van der Waals surface area contributed by atoms with Gasteiger partial charge < -0.3 is 4.98 Å². The second-order valence-electron chi connectivity index (χ2n) is 2.48. The van der Waals surface area contributed by atoms with Crippen LogP contribution in [0.2, 0.25) is 0 Å². The first-order valence-corrected chi connectivity index (χ1v) is 4.58. The van der Waals surface area contributed by atoms with Crippen molar-refractivity contribution in [2.45, 2.75) is 3.79 Å². The van der Waals surface area contributed by atoms with Crippen molar-refractivity contribution >= 4 is 45.8 Å². The molecule has 13 heavy (non-hydrogen) atoms. The monoisotopic (exact) mass is 235 g/mol. The van der Waals surface area contributed by atoms with Gasteiger partial charge in [0, 0.05) is 6.20 Å². The molecule has 6 heteroatoms. The standard InChI is InChI=1S/C7H4Cl3N3/c8-7(9,10)6-12-4-1-2-11-3-5(4)13-6/h1-3H,(H,12,13). The van der Waals surface area contributed by atoms with Crippen LogP contribution in [0.15, 0.2) is 18.5 Å². The Morgan fingerprint density at radius 1 is 1.31 bits per heavy atom. The Bertz CT molecular complexity index is 399. The molecule has 2 aromatic rings. The maximum atomic E-state index is 5.65. The molecule has 1 N–H and O–H groups in total. The molecule has 0 unspecified atom stereocenters. The lowest BCUT2D eigenvalue weighted by molar-refractivity contribution is 1.05. The number of nitrogens with zero attached hydrogens (tertiary/aromatic N) is 2. The second kappa shape index (κ2) is 3.01. The number of rotatable bonds is 0. The fourth-order valence-electron chi connectivity index (χ4n) is 0.991. The van der Waals surface area contributed by atoms with Crippen LogP contribution in [0.3, 0.4) is 0 Å². The minimum Gasteiger partial charge on any atom is -0.337 e. The molecular weight excluding hydrogens is 232 g/mol. The molecule has 0 amide bonds. The number of hydrogen-bond donors (Lipinski definition) is 1. The van der Waals surface area contributed by atoms with Gasteiger partial charge in [-0.05, 0) is 6.07 Å². The molecule has 3 nitrogen and oxygen atoms in total. The van der Waals surface area contributed by atoms with E-state index < -0.39 is 3.79 Å². The average Bonchev–Trinajstić information content (AvgIpc) is 2.45. The first-order chi connectivity index (χ1) is 6.07. The van der Waals surface area contributed by atoms with Crippen molar-refractivity contribution < 1.29 is 0 Å². The number of alkyl halides is 3. The van der Waals surface area contributed by atoms with Crippen LogP contribution >= 0.6 is 34.8 Å². The number of aromatic nitrogens is 3. The van der Waals surface area contributed by atoms with E-state index in [0.29, 0.717) is 5.82 Å². The van der Waals surface area contributed by atoms with Gasteiger partial charge in [-0.3, -0.25) is 4.98 Å². The Morgan fingerprint density at radius 3 is 2.69 bits per heavy atom. The summed E-state index contributed by atoms with van der Waals surface area (Å²) in [5, 5.41) is 0. The molecule has 0 saturated carbocycles. The van der Waals surface area contributed by atoms with E-state index in [4.69, 9.17) is 34.8 Å². The molecule has 0 saturated heterocycles. The number of nitrogens with one attached hydrogen (secondary N) is 1. The third-order valence-electron chi connectivity index (χ3n) is 1.55.